The number of carbonyl (C=O) groups excluding carboxylic acids is 1. The first kappa shape index (κ1) is 14.3. The van der Waals surface area contributed by atoms with Crippen LogP contribution in [0.5, 0.6) is 0 Å². The fourth-order valence-corrected chi connectivity index (χ4v) is 2.03. The van der Waals surface area contributed by atoms with Gasteiger partial charge in [-0.1, -0.05) is 26.0 Å². The minimum Gasteiger partial charge on any atom is -0.352 e. The number of rotatable bonds is 5. The molecule has 0 saturated heterocycles. The Labute approximate surface area is 119 Å². The number of benzene rings is 1. The van der Waals surface area contributed by atoms with E-state index in [4.69, 9.17) is 0 Å². The minimum atomic E-state index is -0.0310. The van der Waals surface area contributed by atoms with Gasteiger partial charge in [-0.15, -0.1) is 0 Å². The molecule has 0 spiro atoms. The minimum absolute atomic E-state index is 0.0310. The Morgan fingerprint density at radius 1 is 1.30 bits per heavy atom. The molecule has 0 fully saturated rings. The summed E-state index contributed by atoms with van der Waals surface area (Å²) in [5, 5.41) is 2.92. The monoisotopic (exact) mass is 271 g/mol. The van der Waals surface area contributed by atoms with Crippen molar-refractivity contribution in [3.8, 4) is 0 Å². The zero-order chi connectivity index (χ0) is 14.5. The quantitative estimate of drug-likeness (QED) is 0.878. The standard InChI is InChI=1S/C16H21N3O/c1-11(2)13-4-6-14(7-5-13)16(20)17-9-8-15-10-18-12(3)19-15/h4-7,10-11H,8-9H2,1-3H3,(H,17,20)(H,18,19). The van der Waals surface area contributed by atoms with Crippen LogP contribution in [0.15, 0.2) is 30.5 Å². The molecule has 2 aromatic rings. The number of amides is 1. The molecule has 4 nitrogen and oxygen atoms in total. The Kier molecular flexibility index (Phi) is 4.56. The van der Waals surface area contributed by atoms with Crippen molar-refractivity contribution in [1.29, 1.82) is 0 Å². The summed E-state index contributed by atoms with van der Waals surface area (Å²) in [6.45, 7) is 6.80. The summed E-state index contributed by atoms with van der Waals surface area (Å²) in [4.78, 5) is 19.3. The topological polar surface area (TPSA) is 57.8 Å². The van der Waals surface area contributed by atoms with E-state index in [-0.39, 0.29) is 5.91 Å². The van der Waals surface area contributed by atoms with Crippen molar-refractivity contribution in [3.63, 3.8) is 0 Å². The lowest BCUT2D eigenvalue weighted by atomic mass is 10.0. The molecule has 20 heavy (non-hydrogen) atoms. The van der Waals surface area contributed by atoms with E-state index in [9.17, 15) is 4.79 Å². The Balaban J connectivity index is 1.85. The van der Waals surface area contributed by atoms with Crippen molar-refractivity contribution >= 4 is 5.91 Å². The highest BCUT2D eigenvalue weighted by Gasteiger charge is 2.06. The Bertz CT molecular complexity index is 570. The van der Waals surface area contributed by atoms with E-state index in [2.05, 4.69) is 29.1 Å². The van der Waals surface area contributed by atoms with Crippen molar-refractivity contribution in [3.05, 3.63) is 53.1 Å². The summed E-state index contributed by atoms with van der Waals surface area (Å²) < 4.78 is 0. The largest absolute Gasteiger partial charge is 0.352 e. The molecule has 4 heteroatoms. The van der Waals surface area contributed by atoms with Crippen LogP contribution in [0.3, 0.4) is 0 Å². The van der Waals surface area contributed by atoms with E-state index in [1.807, 2.05) is 31.2 Å². The Morgan fingerprint density at radius 2 is 2.00 bits per heavy atom. The van der Waals surface area contributed by atoms with Crippen LogP contribution in [-0.4, -0.2) is 22.4 Å². The van der Waals surface area contributed by atoms with Gasteiger partial charge < -0.3 is 10.3 Å². The molecule has 1 amide bonds. The average molecular weight is 271 g/mol. The summed E-state index contributed by atoms with van der Waals surface area (Å²) in [7, 11) is 0. The van der Waals surface area contributed by atoms with Crippen LogP contribution in [0.2, 0.25) is 0 Å². The molecule has 0 atom stereocenters. The molecular formula is C16H21N3O. The number of hydrogen-bond acceptors (Lipinski definition) is 2. The van der Waals surface area contributed by atoms with Gasteiger partial charge in [-0.25, -0.2) is 4.98 Å². The molecule has 1 aromatic heterocycles. The smallest absolute Gasteiger partial charge is 0.251 e. The Hall–Kier alpha value is -2.10. The Morgan fingerprint density at radius 3 is 2.55 bits per heavy atom. The fourth-order valence-electron chi connectivity index (χ4n) is 2.03. The van der Waals surface area contributed by atoms with Crippen molar-refractivity contribution in [2.45, 2.75) is 33.1 Å². The average Bonchev–Trinajstić information content (AvgIpc) is 2.84. The zero-order valence-corrected chi connectivity index (χ0v) is 12.2. The van der Waals surface area contributed by atoms with Gasteiger partial charge >= 0.3 is 0 Å². The van der Waals surface area contributed by atoms with Crippen molar-refractivity contribution in [1.82, 2.24) is 15.3 Å². The number of carbonyl (C=O) groups is 1. The van der Waals surface area contributed by atoms with Crippen molar-refractivity contribution in [2.24, 2.45) is 0 Å². The molecule has 2 rings (SSSR count). The van der Waals surface area contributed by atoms with Gasteiger partial charge in [-0.2, -0.15) is 0 Å². The van der Waals surface area contributed by atoms with E-state index in [0.29, 0.717) is 18.0 Å². The van der Waals surface area contributed by atoms with E-state index >= 15 is 0 Å². The first-order valence-electron chi connectivity index (χ1n) is 6.95. The number of imidazole rings is 1. The number of aryl methyl sites for hydroxylation is 1. The summed E-state index contributed by atoms with van der Waals surface area (Å²) in [6.07, 6.45) is 2.57. The summed E-state index contributed by atoms with van der Waals surface area (Å²) in [5.41, 5.74) is 2.99. The molecule has 1 heterocycles. The molecule has 0 saturated carbocycles. The van der Waals surface area contributed by atoms with Gasteiger partial charge in [0.2, 0.25) is 0 Å². The fraction of sp³-hybridized carbons (Fsp3) is 0.375. The van der Waals surface area contributed by atoms with Crippen molar-refractivity contribution < 1.29 is 4.79 Å². The third-order valence-corrected chi connectivity index (χ3v) is 3.27. The lowest BCUT2D eigenvalue weighted by Gasteiger charge is -2.07. The maximum absolute atomic E-state index is 12.0. The molecule has 2 N–H and O–H groups in total. The molecule has 0 aliphatic carbocycles. The first-order valence-corrected chi connectivity index (χ1v) is 6.95. The molecule has 1 aromatic carbocycles. The second-order valence-electron chi connectivity index (χ2n) is 5.28. The van der Waals surface area contributed by atoms with Gasteiger partial charge in [0.15, 0.2) is 0 Å². The normalized spacial score (nSPS) is 10.8. The van der Waals surface area contributed by atoms with Crippen LogP contribution in [-0.2, 0) is 6.42 Å². The van der Waals surface area contributed by atoms with E-state index in [1.54, 1.807) is 6.20 Å². The third-order valence-electron chi connectivity index (χ3n) is 3.27. The highest BCUT2D eigenvalue weighted by molar-refractivity contribution is 5.94. The maximum atomic E-state index is 12.0. The number of nitrogens with one attached hydrogen (secondary N) is 2. The van der Waals surface area contributed by atoms with Gasteiger partial charge in [-0.05, 0) is 30.5 Å². The van der Waals surface area contributed by atoms with Crippen LogP contribution >= 0.6 is 0 Å². The zero-order valence-electron chi connectivity index (χ0n) is 12.2. The number of H-pyrrole nitrogens is 1. The van der Waals surface area contributed by atoms with Gasteiger partial charge in [0.25, 0.3) is 5.91 Å². The molecule has 0 radical (unpaired) electrons. The lowest BCUT2D eigenvalue weighted by molar-refractivity contribution is 0.0954. The third kappa shape index (κ3) is 3.70. The number of aromatic nitrogens is 2. The second kappa shape index (κ2) is 6.37. The van der Waals surface area contributed by atoms with Crippen LogP contribution in [0.25, 0.3) is 0 Å². The number of aromatic amines is 1. The van der Waals surface area contributed by atoms with Crippen LogP contribution in [0, 0.1) is 6.92 Å². The molecule has 0 unspecified atom stereocenters. The van der Waals surface area contributed by atoms with Crippen molar-refractivity contribution in [2.75, 3.05) is 6.54 Å². The summed E-state index contributed by atoms with van der Waals surface area (Å²) >= 11 is 0. The molecular weight excluding hydrogens is 250 g/mol. The lowest BCUT2D eigenvalue weighted by Crippen LogP contribution is -2.25. The molecule has 0 aliphatic heterocycles. The van der Waals surface area contributed by atoms with E-state index < -0.39 is 0 Å². The predicted octanol–water partition coefficient (Wildman–Crippen LogP) is 2.81. The SMILES string of the molecule is Cc1ncc(CCNC(=O)c2ccc(C(C)C)cc2)[nH]1. The summed E-state index contributed by atoms with van der Waals surface area (Å²) in [6, 6.07) is 7.78. The van der Waals surface area contributed by atoms with Crippen LogP contribution in [0.1, 0.15) is 47.2 Å². The highest BCUT2D eigenvalue weighted by atomic mass is 16.1. The number of nitrogens with zero attached hydrogens (tertiary/aromatic N) is 1. The summed E-state index contributed by atoms with van der Waals surface area (Å²) in [5.74, 6) is 1.35. The molecule has 0 aliphatic rings. The predicted molar refractivity (Wildman–Crippen MR) is 79.9 cm³/mol. The van der Waals surface area contributed by atoms with Gasteiger partial charge in [0.05, 0.1) is 0 Å². The maximum Gasteiger partial charge on any atom is 0.251 e. The van der Waals surface area contributed by atoms with Gasteiger partial charge in [-0.3, -0.25) is 4.79 Å². The van der Waals surface area contributed by atoms with Crippen LogP contribution in [0.4, 0.5) is 0 Å². The van der Waals surface area contributed by atoms with E-state index in [1.165, 1.54) is 5.56 Å². The van der Waals surface area contributed by atoms with Gasteiger partial charge in [0, 0.05) is 30.4 Å². The number of hydrogen-bond donors (Lipinski definition) is 2. The first-order chi connectivity index (χ1) is 9.56. The molecule has 106 valence electrons. The van der Waals surface area contributed by atoms with Gasteiger partial charge in [0.1, 0.15) is 5.82 Å². The second-order valence-corrected chi connectivity index (χ2v) is 5.28. The van der Waals surface area contributed by atoms with Crippen LogP contribution < -0.4 is 5.32 Å². The highest BCUT2D eigenvalue weighted by Crippen LogP contribution is 2.14. The molecule has 0 bridgehead atoms. The van der Waals surface area contributed by atoms with E-state index in [0.717, 1.165) is 17.9 Å².